The van der Waals surface area contributed by atoms with Gasteiger partial charge in [-0.25, -0.2) is 4.98 Å². The summed E-state index contributed by atoms with van der Waals surface area (Å²) in [5.41, 5.74) is 15.0. The third-order valence-corrected chi connectivity index (χ3v) is 4.92. The van der Waals surface area contributed by atoms with Crippen molar-refractivity contribution in [2.24, 2.45) is 0 Å². The second-order valence-electron chi connectivity index (χ2n) is 6.65. The third-order valence-electron chi connectivity index (χ3n) is 4.73. The maximum atomic E-state index is 6.26. The number of nitrogens with two attached hydrogens (primary N) is 2. The van der Waals surface area contributed by atoms with Gasteiger partial charge in [0.1, 0.15) is 22.4 Å². The number of hydrogen-bond donors (Lipinski definition) is 2. The largest absolute Gasteiger partial charge is 0.497 e. The number of methoxy groups -OCH3 is 3. The van der Waals surface area contributed by atoms with Gasteiger partial charge in [0.25, 0.3) is 0 Å². The smallest absolute Gasteiger partial charge is 0.156 e. The number of halogens is 1. The van der Waals surface area contributed by atoms with E-state index in [0.29, 0.717) is 41.8 Å². The van der Waals surface area contributed by atoms with Crippen molar-refractivity contribution in [3.05, 3.63) is 64.8 Å². The minimum Gasteiger partial charge on any atom is -0.497 e. The number of aromatic nitrogens is 1. The summed E-state index contributed by atoms with van der Waals surface area (Å²) in [5, 5.41) is 0.276. The molecule has 0 amide bonds. The molecule has 0 aliphatic carbocycles. The van der Waals surface area contributed by atoms with Crippen molar-refractivity contribution in [3.8, 4) is 17.2 Å². The van der Waals surface area contributed by atoms with Crippen LogP contribution in [0.3, 0.4) is 0 Å². The van der Waals surface area contributed by atoms with Gasteiger partial charge in [0.2, 0.25) is 0 Å². The molecule has 1 aromatic heterocycles. The Labute approximate surface area is 181 Å². The summed E-state index contributed by atoms with van der Waals surface area (Å²) in [5.74, 6) is 2.70. The van der Waals surface area contributed by atoms with E-state index >= 15 is 0 Å². The first-order valence-electron chi connectivity index (χ1n) is 9.25. The predicted molar refractivity (Wildman–Crippen MR) is 120 cm³/mol. The number of nitrogen functional groups attached to an aromatic ring is 2. The molecule has 0 unspecified atom stereocenters. The van der Waals surface area contributed by atoms with Gasteiger partial charge in [0, 0.05) is 30.8 Å². The van der Waals surface area contributed by atoms with Crippen LogP contribution < -0.4 is 30.6 Å². The first-order chi connectivity index (χ1) is 14.4. The molecule has 0 spiro atoms. The average Bonchev–Trinajstić information content (AvgIpc) is 2.76. The van der Waals surface area contributed by atoms with Crippen molar-refractivity contribution in [1.82, 2.24) is 4.98 Å². The normalized spacial score (nSPS) is 10.5. The highest BCUT2D eigenvalue weighted by molar-refractivity contribution is 6.30. The number of hydrogen-bond acceptors (Lipinski definition) is 7. The first kappa shape index (κ1) is 21.4. The Bertz CT molecular complexity index is 1010. The van der Waals surface area contributed by atoms with Crippen molar-refractivity contribution in [1.29, 1.82) is 0 Å². The number of anilines is 3. The summed E-state index contributed by atoms with van der Waals surface area (Å²) in [6.07, 6.45) is 0. The van der Waals surface area contributed by atoms with E-state index in [2.05, 4.69) is 4.98 Å². The number of benzene rings is 2. The SMILES string of the molecule is COc1ccc(CN(Cc2ccc(OC)cc2OC)c2nc(Cl)cc(N)c2N)cc1. The topological polar surface area (TPSA) is 95.9 Å². The lowest BCUT2D eigenvalue weighted by molar-refractivity contribution is 0.390. The molecule has 3 rings (SSSR count). The van der Waals surface area contributed by atoms with E-state index in [-0.39, 0.29) is 5.15 Å². The van der Waals surface area contributed by atoms with Gasteiger partial charge in [-0.05, 0) is 29.8 Å². The van der Waals surface area contributed by atoms with Crippen LogP contribution >= 0.6 is 11.6 Å². The molecule has 0 radical (unpaired) electrons. The fraction of sp³-hybridized carbons (Fsp3) is 0.227. The molecule has 7 nitrogen and oxygen atoms in total. The van der Waals surface area contributed by atoms with Crippen molar-refractivity contribution < 1.29 is 14.2 Å². The maximum absolute atomic E-state index is 6.26. The third kappa shape index (κ3) is 4.80. The Kier molecular flexibility index (Phi) is 6.74. The zero-order chi connectivity index (χ0) is 21.7. The molecular weight excluding hydrogens is 404 g/mol. The van der Waals surface area contributed by atoms with Gasteiger partial charge in [-0.2, -0.15) is 0 Å². The zero-order valence-corrected chi connectivity index (χ0v) is 17.9. The Hall–Kier alpha value is -3.32. The van der Waals surface area contributed by atoms with Crippen LogP contribution in [0.15, 0.2) is 48.5 Å². The predicted octanol–water partition coefficient (Wildman–Crippen LogP) is 4.13. The van der Waals surface area contributed by atoms with Gasteiger partial charge in [0.15, 0.2) is 5.82 Å². The second-order valence-corrected chi connectivity index (χ2v) is 7.04. The highest BCUT2D eigenvalue weighted by Gasteiger charge is 2.18. The van der Waals surface area contributed by atoms with Gasteiger partial charge < -0.3 is 30.6 Å². The molecule has 8 heteroatoms. The fourth-order valence-electron chi connectivity index (χ4n) is 3.12. The standard InChI is InChI=1S/C22H25ClN4O3/c1-28-16-7-4-14(5-8-16)12-27(22-21(25)18(24)11-20(23)26-22)13-15-6-9-17(29-2)10-19(15)30-3/h4-11H,12-13,25H2,1-3H3,(H2,24,26). The first-order valence-corrected chi connectivity index (χ1v) is 9.63. The molecule has 2 aromatic carbocycles. The van der Waals surface area contributed by atoms with Gasteiger partial charge in [-0.15, -0.1) is 0 Å². The average molecular weight is 429 g/mol. The summed E-state index contributed by atoms with van der Waals surface area (Å²) >= 11 is 6.18. The number of rotatable bonds is 8. The lowest BCUT2D eigenvalue weighted by atomic mass is 10.1. The number of nitrogens with zero attached hydrogens (tertiary/aromatic N) is 2. The highest BCUT2D eigenvalue weighted by atomic mass is 35.5. The molecule has 30 heavy (non-hydrogen) atoms. The van der Waals surface area contributed by atoms with Crippen molar-refractivity contribution in [3.63, 3.8) is 0 Å². The van der Waals surface area contributed by atoms with E-state index in [1.54, 1.807) is 27.4 Å². The molecule has 0 saturated heterocycles. The van der Waals surface area contributed by atoms with Gasteiger partial charge in [-0.3, -0.25) is 0 Å². The molecule has 0 aliphatic heterocycles. The molecule has 0 aliphatic rings. The molecule has 0 fully saturated rings. The quantitative estimate of drug-likeness (QED) is 0.520. The molecule has 0 bridgehead atoms. The maximum Gasteiger partial charge on any atom is 0.156 e. The Balaban J connectivity index is 2.01. The fourth-order valence-corrected chi connectivity index (χ4v) is 3.31. The lowest BCUT2D eigenvalue weighted by Gasteiger charge is -2.27. The van der Waals surface area contributed by atoms with Crippen LogP contribution in [0.25, 0.3) is 0 Å². The molecule has 0 atom stereocenters. The molecule has 1 heterocycles. The van der Waals surface area contributed by atoms with Crippen molar-refractivity contribution >= 4 is 28.8 Å². The van der Waals surface area contributed by atoms with E-state index in [1.807, 2.05) is 47.4 Å². The summed E-state index contributed by atoms with van der Waals surface area (Å²) in [6.45, 7) is 0.992. The van der Waals surface area contributed by atoms with E-state index in [0.717, 1.165) is 16.9 Å². The van der Waals surface area contributed by atoms with Gasteiger partial charge in [0.05, 0.1) is 32.7 Å². The summed E-state index contributed by atoms with van der Waals surface area (Å²) in [7, 11) is 4.87. The van der Waals surface area contributed by atoms with Gasteiger partial charge >= 0.3 is 0 Å². The van der Waals surface area contributed by atoms with Crippen molar-refractivity contribution in [2.75, 3.05) is 37.7 Å². The Morgan fingerprint density at radius 1 is 0.867 bits per heavy atom. The summed E-state index contributed by atoms with van der Waals surface area (Å²) in [6, 6.07) is 15.0. The Morgan fingerprint density at radius 3 is 2.17 bits per heavy atom. The Morgan fingerprint density at radius 2 is 1.53 bits per heavy atom. The van der Waals surface area contributed by atoms with Crippen LogP contribution in [-0.4, -0.2) is 26.3 Å². The lowest BCUT2D eigenvalue weighted by Crippen LogP contribution is -2.25. The van der Waals surface area contributed by atoms with E-state index in [4.69, 9.17) is 37.3 Å². The monoisotopic (exact) mass is 428 g/mol. The van der Waals surface area contributed by atoms with Crippen LogP contribution in [0, 0.1) is 0 Å². The van der Waals surface area contributed by atoms with Crippen LogP contribution in [0.5, 0.6) is 17.2 Å². The van der Waals surface area contributed by atoms with Crippen molar-refractivity contribution in [2.45, 2.75) is 13.1 Å². The van der Waals surface area contributed by atoms with E-state index in [1.165, 1.54) is 0 Å². The van der Waals surface area contributed by atoms with Crippen LogP contribution in [0.4, 0.5) is 17.2 Å². The molecule has 158 valence electrons. The summed E-state index contributed by atoms with van der Waals surface area (Å²) < 4.78 is 16.1. The molecule has 3 aromatic rings. The van der Waals surface area contributed by atoms with Crippen LogP contribution in [0.2, 0.25) is 5.15 Å². The van der Waals surface area contributed by atoms with E-state index in [9.17, 15) is 0 Å². The molecule has 4 N–H and O–H groups in total. The van der Waals surface area contributed by atoms with Crippen LogP contribution in [0.1, 0.15) is 11.1 Å². The minimum absolute atomic E-state index is 0.276. The highest BCUT2D eigenvalue weighted by Crippen LogP contribution is 2.33. The number of pyridine rings is 1. The number of ether oxygens (including phenoxy) is 3. The molecular formula is C22H25ClN4O3. The van der Waals surface area contributed by atoms with E-state index < -0.39 is 0 Å². The minimum atomic E-state index is 0.276. The second kappa shape index (κ2) is 9.45. The van der Waals surface area contributed by atoms with Crippen LogP contribution in [-0.2, 0) is 13.1 Å². The van der Waals surface area contributed by atoms with Gasteiger partial charge in [-0.1, -0.05) is 23.7 Å². The zero-order valence-electron chi connectivity index (χ0n) is 17.2. The summed E-state index contributed by atoms with van der Waals surface area (Å²) in [4.78, 5) is 6.45. The molecule has 0 saturated carbocycles.